The van der Waals surface area contributed by atoms with Crippen molar-refractivity contribution in [1.29, 1.82) is 0 Å². The van der Waals surface area contributed by atoms with Crippen LogP contribution < -0.4 is 0 Å². The Morgan fingerprint density at radius 2 is 1.83 bits per heavy atom. The van der Waals surface area contributed by atoms with Gasteiger partial charge in [-0.1, -0.05) is 42.0 Å². The van der Waals surface area contributed by atoms with Crippen molar-refractivity contribution in [1.82, 2.24) is 9.47 Å². The smallest absolute Gasteiger partial charge is 0.0589 e. The van der Waals surface area contributed by atoms with Gasteiger partial charge in [-0.05, 0) is 50.1 Å². The van der Waals surface area contributed by atoms with Gasteiger partial charge in [0.2, 0.25) is 0 Å². The number of aryl methyl sites for hydroxylation is 1. The summed E-state index contributed by atoms with van der Waals surface area (Å²) in [5.74, 6) is 0.686. The second kappa shape index (κ2) is 5.22. The van der Waals surface area contributed by atoms with Gasteiger partial charge >= 0.3 is 0 Å². The van der Waals surface area contributed by atoms with Crippen molar-refractivity contribution >= 4 is 10.9 Å². The van der Waals surface area contributed by atoms with E-state index in [9.17, 15) is 0 Å². The van der Waals surface area contributed by atoms with Crippen molar-refractivity contribution in [3.05, 3.63) is 70.9 Å². The summed E-state index contributed by atoms with van der Waals surface area (Å²) >= 11 is 0. The van der Waals surface area contributed by atoms with Gasteiger partial charge in [0, 0.05) is 35.6 Å². The Morgan fingerprint density at radius 3 is 2.67 bits per heavy atom. The standard InChI is InChI=1S/C22H24N2/c1-15-8-10-21-18(12-15)19-14-23(2)13-17-9-11-20(24(21)22(17)19)16-6-4-3-5-7-16/h3-8,10,12,17,20H,9,11,13-14H2,1-2H3. The van der Waals surface area contributed by atoms with E-state index in [0.717, 1.165) is 6.54 Å². The van der Waals surface area contributed by atoms with E-state index in [1.807, 2.05) is 0 Å². The predicted molar refractivity (Wildman–Crippen MR) is 99.6 cm³/mol. The molecule has 0 spiro atoms. The maximum Gasteiger partial charge on any atom is 0.0589 e. The van der Waals surface area contributed by atoms with Gasteiger partial charge in [-0.25, -0.2) is 0 Å². The van der Waals surface area contributed by atoms with Crippen LogP contribution in [0.5, 0.6) is 0 Å². The summed E-state index contributed by atoms with van der Waals surface area (Å²) < 4.78 is 2.68. The van der Waals surface area contributed by atoms with Gasteiger partial charge in [0.15, 0.2) is 0 Å². The van der Waals surface area contributed by atoms with Crippen LogP contribution in [0, 0.1) is 6.92 Å². The molecular formula is C22H24N2. The van der Waals surface area contributed by atoms with Crippen LogP contribution >= 0.6 is 0 Å². The number of benzene rings is 2. The zero-order valence-corrected chi connectivity index (χ0v) is 14.5. The van der Waals surface area contributed by atoms with Crippen molar-refractivity contribution < 1.29 is 0 Å². The Bertz CT molecular complexity index is 907. The van der Waals surface area contributed by atoms with E-state index in [2.05, 4.69) is 72.0 Å². The highest BCUT2D eigenvalue weighted by atomic mass is 15.1. The molecule has 0 saturated heterocycles. The third-order valence-corrected chi connectivity index (χ3v) is 5.94. The summed E-state index contributed by atoms with van der Waals surface area (Å²) in [6, 6.07) is 18.6. The normalized spacial score (nSPS) is 23.4. The van der Waals surface area contributed by atoms with Gasteiger partial charge < -0.3 is 9.47 Å². The van der Waals surface area contributed by atoms with Crippen molar-refractivity contribution in [2.45, 2.75) is 38.3 Å². The van der Waals surface area contributed by atoms with Crippen LogP contribution in [-0.4, -0.2) is 23.1 Å². The molecule has 2 heteroatoms. The van der Waals surface area contributed by atoms with E-state index in [1.165, 1.54) is 41.4 Å². The molecule has 3 aromatic rings. The first-order valence-corrected chi connectivity index (χ1v) is 9.09. The topological polar surface area (TPSA) is 8.17 Å². The Balaban J connectivity index is 1.81. The molecule has 0 fully saturated rings. The predicted octanol–water partition coefficient (Wildman–Crippen LogP) is 4.86. The summed E-state index contributed by atoms with van der Waals surface area (Å²) in [6.45, 7) is 4.49. The fraction of sp³-hybridized carbons (Fsp3) is 0.364. The highest BCUT2D eigenvalue weighted by Crippen LogP contribution is 2.46. The minimum Gasteiger partial charge on any atom is -0.336 e. The van der Waals surface area contributed by atoms with Crippen LogP contribution in [0.2, 0.25) is 0 Å². The summed E-state index contributed by atoms with van der Waals surface area (Å²) in [5, 5.41) is 1.48. The first-order valence-electron chi connectivity index (χ1n) is 9.09. The molecule has 2 atom stereocenters. The maximum atomic E-state index is 2.68. The van der Waals surface area contributed by atoms with Gasteiger partial charge in [-0.3, -0.25) is 0 Å². The van der Waals surface area contributed by atoms with Crippen LogP contribution in [-0.2, 0) is 6.54 Å². The molecule has 0 amide bonds. The van der Waals surface area contributed by atoms with E-state index < -0.39 is 0 Å². The summed E-state index contributed by atoms with van der Waals surface area (Å²) in [5.41, 5.74) is 7.44. The van der Waals surface area contributed by atoms with Crippen LogP contribution in [0.15, 0.2) is 48.5 Å². The number of nitrogens with zero attached hydrogens (tertiary/aromatic N) is 2. The molecule has 5 rings (SSSR count). The van der Waals surface area contributed by atoms with Gasteiger partial charge in [0.25, 0.3) is 0 Å². The molecule has 2 nitrogen and oxygen atoms in total. The van der Waals surface area contributed by atoms with E-state index in [-0.39, 0.29) is 0 Å². The summed E-state index contributed by atoms with van der Waals surface area (Å²) in [4.78, 5) is 2.50. The molecule has 2 unspecified atom stereocenters. The zero-order chi connectivity index (χ0) is 16.3. The average Bonchev–Trinajstić information content (AvgIpc) is 2.91. The number of likely N-dealkylation sites (N-methyl/N-ethyl adjacent to an activating group) is 1. The van der Waals surface area contributed by atoms with Crippen LogP contribution in [0.25, 0.3) is 10.9 Å². The van der Waals surface area contributed by atoms with Gasteiger partial charge in [0.05, 0.1) is 6.04 Å². The van der Waals surface area contributed by atoms with E-state index in [1.54, 1.807) is 11.3 Å². The highest BCUT2D eigenvalue weighted by molar-refractivity contribution is 5.87. The lowest BCUT2D eigenvalue weighted by molar-refractivity contribution is 0.246. The van der Waals surface area contributed by atoms with Crippen molar-refractivity contribution in [2.75, 3.05) is 13.6 Å². The number of aromatic nitrogens is 1. The molecule has 122 valence electrons. The molecule has 0 bridgehead atoms. The molecule has 0 N–H and O–H groups in total. The molecule has 0 radical (unpaired) electrons. The number of fused-ring (bicyclic) bond motifs is 3. The molecule has 1 aromatic heterocycles. The Hall–Kier alpha value is -2.06. The molecular weight excluding hydrogens is 292 g/mol. The monoisotopic (exact) mass is 316 g/mol. The van der Waals surface area contributed by atoms with Gasteiger partial charge in [0.1, 0.15) is 0 Å². The molecule has 2 aliphatic rings. The second-order valence-corrected chi connectivity index (χ2v) is 7.65. The van der Waals surface area contributed by atoms with Crippen molar-refractivity contribution in [3.63, 3.8) is 0 Å². The Labute approximate surface area is 143 Å². The lowest BCUT2D eigenvalue weighted by Gasteiger charge is -2.38. The molecule has 0 aliphatic carbocycles. The second-order valence-electron chi connectivity index (χ2n) is 7.65. The number of rotatable bonds is 1. The number of hydrogen-bond acceptors (Lipinski definition) is 1. The SMILES string of the molecule is Cc1ccc2c(c1)c1c3n2C(c2ccccc2)CCC3CN(C)C1. The molecule has 24 heavy (non-hydrogen) atoms. The van der Waals surface area contributed by atoms with Crippen LogP contribution in [0.1, 0.15) is 47.2 Å². The maximum absolute atomic E-state index is 2.68. The fourth-order valence-electron chi connectivity index (χ4n) is 4.96. The zero-order valence-electron chi connectivity index (χ0n) is 14.5. The minimum atomic E-state index is 0.486. The minimum absolute atomic E-state index is 0.486. The number of hydrogen-bond donors (Lipinski definition) is 0. The van der Waals surface area contributed by atoms with Gasteiger partial charge in [-0.15, -0.1) is 0 Å². The first-order chi connectivity index (χ1) is 11.7. The molecule has 2 aromatic carbocycles. The van der Waals surface area contributed by atoms with E-state index >= 15 is 0 Å². The Kier molecular flexibility index (Phi) is 3.11. The van der Waals surface area contributed by atoms with Crippen molar-refractivity contribution in [3.8, 4) is 0 Å². The summed E-state index contributed by atoms with van der Waals surface area (Å²) in [7, 11) is 2.27. The quantitative estimate of drug-likeness (QED) is 0.622. The van der Waals surface area contributed by atoms with Crippen LogP contribution in [0.3, 0.4) is 0 Å². The molecule has 0 saturated carbocycles. The molecule has 2 aliphatic heterocycles. The van der Waals surface area contributed by atoms with Crippen LogP contribution in [0.4, 0.5) is 0 Å². The average molecular weight is 316 g/mol. The van der Waals surface area contributed by atoms with E-state index in [0.29, 0.717) is 12.0 Å². The molecule has 3 heterocycles. The highest BCUT2D eigenvalue weighted by Gasteiger charge is 2.36. The van der Waals surface area contributed by atoms with Crippen molar-refractivity contribution in [2.24, 2.45) is 0 Å². The van der Waals surface area contributed by atoms with E-state index in [4.69, 9.17) is 0 Å². The third-order valence-electron chi connectivity index (χ3n) is 5.94. The first kappa shape index (κ1) is 14.3. The Morgan fingerprint density at radius 1 is 1.00 bits per heavy atom. The third kappa shape index (κ3) is 1.99. The lowest BCUT2D eigenvalue weighted by atomic mass is 9.85. The fourth-order valence-corrected chi connectivity index (χ4v) is 4.96. The van der Waals surface area contributed by atoms with Gasteiger partial charge in [-0.2, -0.15) is 0 Å². The summed E-state index contributed by atoms with van der Waals surface area (Å²) in [6.07, 6.45) is 2.54. The largest absolute Gasteiger partial charge is 0.336 e. The lowest BCUT2D eigenvalue weighted by Crippen LogP contribution is -2.35.